The fraction of sp³-hybridized carbons (Fsp3) is 0.467. The zero-order valence-electron chi connectivity index (χ0n) is 11.9. The van der Waals surface area contributed by atoms with E-state index in [0.29, 0.717) is 10.6 Å². The van der Waals surface area contributed by atoms with Crippen LogP contribution in [-0.2, 0) is 0 Å². The fourth-order valence-electron chi connectivity index (χ4n) is 2.57. The molecule has 21 heavy (non-hydrogen) atoms. The number of nitrogens with one attached hydrogen (secondary N) is 1. The molecular weight excluding hydrogens is 334 g/mol. The number of benzene rings is 1. The van der Waals surface area contributed by atoms with E-state index in [4.69, 9.17) is 11.6 Å². The zero-order valence-corrected chi connectivity index (χ0v) is 14.2. The molecule has 0 unspecified atom stereocenters. The van der Waals surface area contributed by atoms with E-state index in [1.165, 1.54) is 6.07 Å². The van der Waals surface area contributed by atoms with Crippen LogP contribution >= 0.6 is 36.4 Å². The zero-order chi connectivity index (χ0) is 13.7. The van der Waals surface area contributed by atoms with Crippen molar-refractivity contribution in [2.45, 2.75) is 18.9 Å². The van der Waals surface area contributed by atoms with E-state index in [-0.39, 0.29) is 36.7 Å². The normalized spacial score (nSPS) is 16.5. The maximum absolute atomic E-state index is 14.1. The Kier molecular flexibility index (Phi) is 10.3. The Balaban J connectivity index is 0.00000200. The van der Waals surface area contributed by atoms with Crippen molar-refractivity contribution in [2.24, 2.45) is 0 Å². The van der Waals surface area contributed by atoms with Crippen molar-refractivity contribution < 1.29 is 4.39 Å². The summed E-state index contributed by atoms with van der Waals surface area (Å²) in [5, 5.41) is 3.91. The molecule has 1 aliphatic rings. The summed E-state index contributed by atoms with van der Waals surface area (Å²) >= 11 is 6.02. The third-order valence-corrected chi connectivity index (χ3v) is 3.79. The van der Waals surface area contributed by atoms with Gasteiger partial charge in [-0.15, -0.1) is 31.4 Å². The number of rotatable bonds is 5. The van der Waals surface area contributed by atoms with Crippen LogP contribution in [-0.4, -0.2) is 31.1 Å². The van der Waals surface area contributed by atoms with E-state index in [9.17, 15) is 4.39 Å². The van der Waals surface area contributed by atoms with Gasteiger partial charge in [0, 0.05) is 42.8 Å². The monoisotopic (exact) mass is 354 g/mol. The average molecular weight is 356 g/mol. The Morgan fingerprint density at radius 1 is 1.33 bits per heavy atom. The Hall–Kier alpha value is -0.320. The van der Waals surface area contributed by atoms with Gasteiger partial charge in [-0.2, -0.15) is 0 Å². The van der Waals surface area contributed by atoms with Crippen molar-refractivity contribution in [3.05, 3.63) is 47.3 Å². The van der Waals surface area contributed by atoms with Crippen molar-refractivity contribution in [2.75, 3.05) is 26.2 Å². The molecule has 120 valence electrons. The van der Waals surface area contributed by atoms with Crippen LogP contribution in [0.15, 0.2) is 30.9 Å². The number of allylic oxidation sites excluding steroid dienone is 1. The highest BCUT2D eigenvalue weighted by Crippen LogP contribution is 2.30. The molecule has 1 atom stereocenters. The first-order valence-electron chi connectivity index (χ1n) is 6.73. The number of halogens is 4. The first-order chi connectivity index (χ1) is 9.22. The van der Waals surface area contributed by atoms with Gasteiger partial charge < -0.3 is 5.32 Å². The third-order valence-electron chi connectivity index (χ3n) is 3.55. The highest BCUT2D eigenvalue weighted by Gasteiger charge is 2.24. The van der Waals surface area contributed by atoms with Gasteiger partial charge in [0.05, 0.1) is 0 Å². The minimum atomic E-state index is -0.169. The molecule has 0 aromatic heterocycles. The highest BCUT2D eigenvalue weighted by molar-refractivity contribution is 6.30. The smallest absolute Gasteiger partial charge is 0.128 e. The number of hydrogen-bond acceptors (Lipinski definition) is 2. The van der Waals surface area contributed by atoms with Gasteiger partial charge in [0.25, 0.3) is 0 Å². The molecule has 0 bridgehead atoms. The van der Waals surface area contributed by atoms with E-state index in [1.807, 2.05) is 6.08 Å². The number of hydrogen-bond donors (Lipinski definition) is 1. The van der Waals surface area contributed by atoms with Gasteiger partial charge in [-0.05, 0) is 31.0 Å². The minimum absolute atomic E-state index is 0. The Bertz CT molecular complexity index is 437. The lowest BCUT2D eigenvalue weighted by molar-refractivity contribution is 0.163. The summed E-state index contributed by atoms with van der Waals surface area (Å²) in [6, 6.07) is 4.90. The predicted octanol–water partition coefficient (Wildman–Crippen LogP) is 4.24. The van der Waals surface area contributed by atoms with Crippen LogP contribution in [0.1, 0.15) is 24.4 Å². The Labute approximate surface area is 143 Å². The molecule has 1 N–H and O–H groups in total. The molecule has 0 aliphatic carbocycles. The maximum Gasteiger partial charge on any atom is 0.128 e. The summed E-state index contributed by atoms with van der Waals surface area (Å²) in [4.78, 5) is 2.33. The summed E-state index contributed by atoms with van der Waals surface area (Å²) in [6.45, 7) is 7.54. The molecule has 6 heteroatoms. The van der Waals surface area contributed by atoms with Crippen molar-refractivity contribution in [1.29, 1.82) is 0 Å². The lowest BCUT2D eigenvalue weighted by Crippen LogP contribution is -2.45. The van der Waals surface area contributed by atoms with Gasteiger partial charge in [-0.25, -0.2) is 4.39 Å². The van der Waals surface area contributed by atoms with Crippen LogP contribution in [0.4, 0.5) is 4.39 Å². The maximum atomic E-state index is 14.1. The number of nitrogens with zero attached hydrogens (tertiary/aromatic N) is 1. The third kappa shape index (κ3) is 5.76. The summed E-state index contributed by atoms with van der Waals surface area (Å²) in [5.74, 6) is -0.169. The SMILES string of the molecule is C=CCC[C@H](c1cc(Cl)ccc1F)N1CCNCC1.Cl.Cl. The van der Waals surface area contributed by atoms with Crippen LogP contribution < -0.4 is 5.32 Å². The standard InChI is InChI=1S/C15H20ClFN2.2ClH/c1-2-3-4-15(19-9-7-18-8-10-19)13-11-12(16)5-6-14(13)17;;/h2,5-6,11,15,18H,1,3-4,7-10H2;2*1H/t15-;;/m1../s1. The largest absolute Gasteiger partial charge is 0.314 e. The predicted molar refractivity (Wildman–Crippen MR) is 92.5 cm³/mol. The molecule has 0 radical (unpaired) electrons. The summed E-state index contributed by atoms with van der Waals surface area (Å²) < 4.78 is 14.1. The van der Waals surface area contributed by atoms with Gasteiger partial charge >= 0.3 is 0 Å². The van der Waals surface area contributed by atoms with E-state index in [0.717, 1.165) is 39.0 Å². The van der Waals surface area contributed by atoms with E-state index in [2.05, 4.69) is 16.8 Å². The molecule has 0 amide bonds. The van der Waals surface area contributed by atoms with E-state index < -0.39 is 0 Å². The lowest BCUT2D eigenvalue weighted by Gasteiger charge is -2.35. The second-order valence-corrected chi connectivity index (χ2v) is 5.27. The van der Waals surface area contributed by atoms with Crippen LogP contribution in [0, 0.1) is 5.82 Å². The molecule has 2 rings (SSSR count). The second-order valence-electron chi connectivity index (χ2n) is 4.83. The lowest BCUT2D eigenvalue weighted by atomic mass is 9.99. The van der Waals surface area contributed by atoms with Crippen LogP contribution in [0.5, 0.6) is 0 Å². The van der Waals surface area contributed by atoms with Crippen molar-refractivity contribution in [3.63, 3.8) is 0 Å². The van der Waals surface area contributed by atoms with Gasteiger partial charge in [0.15, 0.2) is 0 Å². The Morgan fingerprint density at radius 2 is 2.00 bits per heavy atom. The molecule has 1 aromatic carbocycles. The van der Waals surface area contributed by atoms with Gasteiger partial charge in [-0.3, -0.25) is 4.90 Å². The van der Waals surface area contributed by atoms with Crippen molar-refractivity contribution in [3.8, 4) is 0 Å². The fourth-order valence-corrected chi connectivity index (χ4v) is 2.75. The van der Waals surface area contributed by atoms with Crippen LogP contribution in [0.25, 0.3) is 0 Å². The molecule has 0 spiro atoms. The minimum Gasteiger partial charge on any atom is -0.314 e. The molecule has 1 aromatic rings. The second kappa shape index (κ2) is 10.4. The van der Waals surface area contributed by atoms with Crippen LogP contribution in [0.3, 0.4) is 0 Å². The molecule has 1 heterocycles. The van der Waals surface area contributed by atoms with Crippen molar-refractivity contribution in [1.82, 2.24) is 10.2 Å². The Morgan fingerprint density at radius 3 is 2.62 bits per heavy atom. The van der Waals surface area contributed by atoms with Crippen LogP contribution in [0.2, 0.25) is 5.02 Å². The van der Waals surface area contributed by atoms with Gasteiger partial charge in [-0.1, -0.05) is 17.7 Å². The highest BCUT2D eigenvalue weighted by atomic mass is 35.5. The summed E-state index contributed by atoms with van der Waals surface area (Å²) in [5.41, 5.74) is 0.705. The molecule has 0 saturated carbocycles. The molecule has 1 aliphatic heterocycles. The van der Waals surface area contributed by atoms with E-state index >= 15 is 0 Å². The molecule has 2 nitrogen and oxygen atoms in total. The first-order valence-corrected chi connectivity index (χ1v) is 7.11. The quantitative estimate of drug-likeness (QED) is 0.795. The summed E-state index contributed by atoms with van der Waals surface area (Å²) in [7, 11) is 0. The van der Waals surface area contributed by atoms with Gasteiger partial charge in [0.1, 0.15) is 5.82 Å². The molecule has 1 fully saturated rings. The average Bonchev–Trinajstić information content (AvgIpc) is 2.44. The van der Waals surface area contributed by atoms with Gasteiger partial charge in [0.2, 0.25) is 0 Å². The summed E-state index contributed by atoms with van der Waals surface area (Å²) in [6.07, 6.45) is 3.64. The molecular formula is C15H22Cl3FN2. The van der Waals surface area contributed by atoms with Crippen molar-refractivity contribution >= 4 is 36.4 Å². The topological polar surface area (TPSA) is 15.3 Å². The number of piperazine rings is 1. The molecule has 1 saturated heterocycles. The first kappa shape index (κ1) is 20.7. The van der Waals surface area contributed by atoms with E-state index in [1.54, 1.807) is 12.1 Å².